The highest BCUT2D eigenvalue weighted by Gasteiger charge is 2.02. The Bertz CT molecular complexity index is 443. The lowest BCUT2D eigenvalue weighted by molar-refractivity contribution is 0.392. The van der Waals surface area contributed by atoms with E-state index in [1.54, 1.807) is 13.3 Å². The molecule has 0 atom stereocenters. The van der Waals surface area contributed by atoms with Gasteiger partial charge in [-0.05, 0) is 13.0 Å². The highest BCUT2D eigenvalue weighted by atomic mass is 127. The number of nitrogens with one attached hydrogen (secondary N) is 2. The molecule has 0 aliphatic heterocycles. The van der Waals surface area contributed by atoms with E-state index in [9.17, 15) is 0 Å². The second-order valence-corrected chi connectivity index (χ2v) is 3.42. The van der Waals surface area contributed by atoms with Crippen molar-refractivity contribution in [2.24, 2.45) is 4.99 Å². The Balaban J connectivity index is 0.00000324. The molecule has 104 valence electrons. The maximum Gasteiger partial charge on any atom is 0.218 e. The predicted octanol–water partition coefficient (Wildman–Crippen LogP) is 1.40. The topological polar surface area (TPSA) is 58.5 Å². The Labute approximate surface area is 131 Å². The van der Waals surface area contributed by atoms with Gasteiger partial charge in [0.25, 0.3) is 0 Å². The van der Waals surface area contributed by atoms with E-state index in [0.29, 0.717) is 24.9 Å². The molecule has 0 aliphatic rings. The van der Waals surface area contributed by atoms with E-state index in [0.717, 1.165) is 12.1 Å². The van der Waals surface area contributed by atoms with E-state index >= 15 is 0 Å². The van der Waals surface area contributed by atoms with Crippen LogP contribution in [-0.2, 0) is 6.54 Å². The van der Waals surface area contributed by atoms with Crippen molar-refractivity contribution in [3.05, 3.63) is 23.9 Å². The molecule has 6 heteroatoms. The fraction of sp³-hybridized carbons (Fsp3) is 0.385. The lowest BCUT2D eigenvalue weighted by Crippen LogP contribution is -2.37. The van der Waals surface area contributed by atoms with Crippen LogP contribution in [0.4, 0.5) is 0 Å². The minimum absolute atomic E-state index is 0. The van der Waals surface area contributed by atoms with Crippen LogP contribution in [0.1, 0.15) is 12.5 Å². The first-order valence-corrected chi connectivity index (χ1v) is 5.75. The minimum Gasteiger partial charge on any atom is -0.481 e. The molecule has 1 heterocycles. The zero-order chi connectivity index (χ0) is 13.2. The largest absolute Gasteiger partial charge is 0.481 e. The van der Waals surface area contributed by atoms with Crippen molar-refractivity contribution in [3.8, 4) is 18.2 Å². The molecule has 19 heavy (non-hydrogen) atoms. The number of hydrogen-bond acceptors (Lipinski definition) is 3. The second kappa shape index (κ2) is 10.4. The molecular weight excluding hydrogens is 355 g/mol. The summed E-state index contributed by atoms with van der Waals surface area (Å²) in [5.74, 6) is 3.78. The third-order valence-corrected chi connectivity index (χ3v) is 2.15. The highest BCUT2D eigenvalue weighted by molar-refractivity contribution is 14.0. The normalized spacial score (nSPS) is 10.1. The quantitative estimate of drug-likeness (QED) is 0.354. The second-order valence-electron chi connectivity index (χ2n) is 3.42. The van der Waals surface area contributed by atoms with E-state index in [1.165, 1.54) is 0 Å². The van der Waals surface area contributed by atoms with Crippen LogP contribution in [0.2, 0.25) is 0 Å². The number of methoxy groups -OCH3 is 1. The molecule has 0 aromatic carbocycles. The van der Waals surface area contributed by atoms with Crippen LogP contribution >= 0.6 is 24.0 Å². The lowest BCUT2D eigenvalue weighted by Gasteiger charge is -2.09. The van der Waals surface area contributed by atoms with Gasteiger partial charge in [0, 0.05) is 18.3 Å². The van der Waals surface area contributed by atoms with Crippen molar-refractivity contribution in [2.45, 2.75) is 13.5 Å². The van der Waals surface area contributed by atoms with Crippen molar-refractivity contribution in [3.63, 3.8) is 0 Å². The number of terminal acetylenes is 1. The molecule has 2 N–H and O–H groups in total. The van der Waals surface area contributed by atoms with E-state index in [2.05, 4.69) is 26.5 Å². The summed E-state index contributed by atoms with van der Waals surface area (Å²) >= 11 is 0. The minimum atomic E-state index is 0. The highest BCUT2D eigenvalue weighted by Crippen LogP contribution is 2.14. The number of rotatable bonds is 5. The SMILES string of the molecule is C#CCNC(=NCc1cccnc1OC)NCC.I. The van der Waals surface area contributed by atoms with Gasteiger partial charge >= 0.3 is 0 Å². The molecule has 0 spiro atoms. The average molecular weight is 374 g/mol. The zero-order valence-electron chi connectivity index (χ0n) is 11.1. The number of nitrogens with zero attached hydrogens (tertiary/aromatic N) is 2. The summed E-state index contributed by atoms with van der Waals surface area (Å²) < 4.78 is 5.17. The Kier molecular flexibility index (Phi) is 9.62. The van der Waals surface area contributed by atoms with Crippen LogP contribution in [0.25, 0.3) is 0 Å². The van der Waals surface area contributed by atoms with Crippen molar-refractivity contribution in [1.82, 2.24) is 15.6 Å². The van der Waals surface area contributed by atoms with Crippen molar-refractivity contribution in [1.29, 1.82) is 0 Å². The van der Waals surface area contributed by atoms with Crippen LogP contribution in [0, 0.1) is 12.3 Å². The van der Waals surface area contributed by atoms with Crippen LogP contribution in [-0.4, -0.2) is 31.1 Å². The number of ether oxygens (including phenoxy) is 1. The van der Waals surface area contributed by atoms with Gasteiger partial charge in [0.2, 0.25) is 5.88 Å². The molecule has 0 radical (unpaired) electrons. The summed E-state index contributed by atoms with van der Waals surface area (Å²) in [7, 11) is 1.59. The fourth-order valence-electron chi connectivity index (χ4n) is 1.37. The maximum absolute atomic E-state index is 5.20. The summed E-state index contributed by atoms with van der Waals surface area (Å²) in [5, 5.41) is 6.13. The first-order chi connectivity index (χ1) is 8.81. The molecule has 0 saturated carbocycles. The summed E-state index contributed by atoms with van der Waals surface area (Å²) in [6.07, 6.45) is 6.89. The molecule has 0 amide bonds. The number of hydrogen-bond donors (Lipinski definition) is 2. The first-order valence-electron chi connectivity index (χ1n) is 5.75. The number of guanidine groups is 1. The van der Waals surface area contributed by atoms with Crippen molar-refractivity contribution < 1.29 is 4.74 Å². The molecule has 1 rings (SSSR count). The van der Waals surface area contributed by atoms with Crippen LogP contribution < -0.4 is 15.4 Å². The number of aliphatic imine (C=N–C) groups is 1. The molecule has 0 saturated heterocycles. The molecule has 0 bridgehead atoms. The molecule has 1 aromatic rings. The lowest BCUT2D eigenvalue weighted by atomic mass is 10.3. The zero-order valence-corrected chi connectivity index (χ0v) is 13.5. The van der Waals surface area contributed by atoms with Crippen LogP contribution in [0.3, 0.4) is 0 Å². The van der Waals surface area contributed by atoms with E-state index in [4.69, 9.17) is 11.2 Å². The third-order valence-electron chi connectivity index (χ3n) is 2.15. The van der Waals surface area contributed by atoms with Gasteiger partial charge in [0.1, 0.15) is 0 Å². The van der Waals surface area contributed by atoms with E-state index in [-0.39, 0.29) is 24.0 Å². The van der Waals surface area contributed by atoms with Crippen LogP contribution in [0.5, 0.6) is 5.88 Å². The third kappa shape index (κ3) is 6.29. The van der Waals surface area contributed by atoms with Gasteiger partial charge < -0.3 is 15.4 Å². The molecular formula is C13H19IN4O. The van der Waals surface area contributed by atoms with E-state index in [1.807, 2.05) is 19.1 Å². The molecule has 1 aromatic heterocycles. The standard InChI is InChI=1S/C13H18N4O.HI/c1-4-8-16-13(14-5-2)17-10-11-7-6-9-15-12(11)18-3;/h1,6-7,9H,5,8,10H2,2-3H3,(H2,14,16,17);1H. The maximum atomic E-state index is 5.20. The van der Waals surface area contributed by atoms with Crippen molar-refractivity contribution in [2.75, 3.05) is 20.2 Å². The molecule has 0 unspecified atom stereocenters. The molecule has 0 fully saturated rings. The summed E-state index contributed by atoms with van der Waals surface area (Å²) in [6.45, 7) is 3.70. The first kappa shape index (κ1) is 17.5. The van der Waals surface area contributed by atoms with Gasteiger partial charge in [-0.15, -0.1) is 30.4 Å². The number of pyridine rings is 1. The number of halogens is 1. The Morgan fingerprint density at radius 1 is 1.53 bits per heavy atom. The Morgan fingerprint density at radius 3 is 2.95 bits per heavy atom. The van der Waals surface area contributed by atoms with Crippen LogP contribution in [0.15, 0.2) is 23.3 Å². The molecule has 5 nitrogen and oxygen atoms in total. The Hall–Kier alpha value is -1.49. The summed E-state index contributed by atoms with van der Waals surface area (Å²) in [6, 6.07) is 3.79. The fourth-order valence-corrected chi connectivity index (χ4v) is 1.37. The van der Waals surface area contributed by atoms with Gasteiger partial charge in [0.05, 0.1) is 20.2 Å². The molecule has 0 aliphatic carbocycles. The summed E-state index contributed by atoms with van der Waals surface area (Å²) in [4.78, 5) is 8.53. The smallest absolute Gasteiger partial charge is 0.218 e. The van der Waals surface area contributed by atoms with Gasteiger partial charge in [-0.2, -0.15) is 0 Å². The average Bonchev–Trinajstić information content (AvgIpc) is 2.42. The van der Waals surface area contributed by atoms with Gasteiger partial charge in [0.15, 0.2) is 5.96 Å². The van der Waals surface area contributed by atoms with Crippen molar-refractivity contribution >= 4 is 29.9 Å². The van der Waals surface area contributed by atoms with Gasteiger partial charge in [-0.25, -0.2) is 9.98 Å². The van der Waals surface area contributed by atoms with Gasteiger partial charge in [-0.1, -0.05) is 12.0 Å². The number of aromatic nitrogens is 1. The predicted molar refractivity (Wildman–Crippen MR) is 87.9 cm³/mol. The van der Waals surface area contributed by atoms with E-state index < -0.39 is 0 Å². The van der Waals surface area contributed by atoms with Gasteiger partial charge in [-0.3, -0.25) is 0 Å². The monoisotopic (exact) mass is 374 g/mol. The summed E-state index contributed by atoms with van der Waals surface area (Å²) in [5.41, 5.74) is 0.929. The Morgan fingerprint density at radius 2 is 2.32 bits per heavy atom.